The second-order valence-corrected chi connectivity index (χ2v) is 6.42. The number of anilines is 1. The van der Waals surface area contributed by atoms with Crippen molar-refractivity contribution in [3.8, 4) is 5.69 Å². The summed E-state index contributed by atoms with van der Waals surface area (Å²) in [5.41, 5.74) is 9.47. The highest BCUT2D eigenvalue weighted by Crippen LogP contribution is 2.20. The molecule has 0 atom stereocenters. The molecular weight excluding hydrogens is 308 g/mol. The molecule has 1 amide bonds. The van der Waals surface area contributed by atoms with E-state index in [1.165, 1.54) is 11.3 Å². The van der Waals surface area contributed by atoms with Gasteiger partial charge in [0.25, 0.3) is 5.91 Å². The van der Waals surface area contributed by atoms with E-state index in [9.17, 15) is 4.79 Å². The third-order valence-electron chi connectivity index (χ3n) is 3.74. The first-order chi connectivity index (χ1) is 11.1. The summed E-state index contributed by atoms with van der Waals surface area (Å²) in [6.07, 6.45) is 1.80. The average Bonchev–Trinajstić information content (AvgIpc) is 3.16. The molecule has 0 saturated carbocycles. The molecule has 0 radical (unpaired) electrons. The van der Waals surface area contributed by atoms with E-state index in [-0.39, 0.29) is 5.91 Å². The van der Waals surface area contributed by atoms with Gasteiger partial charge in [-0.2, -0.15) is 0 Å². The topological polar surface area (TPSA) is 72.9 Å². The van der Waals surface area contributed by atoms with Crippen LogP contribution in [0.25, 0.3) is 5.69 Å². The number of rotatable bonds is 4. The van der Waals surface area contributed by atoms with Gasteiger partial charge in [-0.05, 0) is 50.2 Å². The van der Waals surface area contributed by atoms with Crippen molar-refractivity contribution >= 4 is 22.9 Å². The number of hydrogen-bond donors (Lipinski definition) is 2. The summed E-state index contributed by atoms with van der Waals surface area (Å²) in [4.78, 5) is 18.2. The number of carbonyl (C=O) groups is 1. The molecule has 0 aliphatic carbocycles. The van der Waals surface area contributed by atoms with Crippen molar-refractivity contribution in [2.45, 2.75) is 20.4 Å². The molecule has 3 aromatic rings. The van der Waals surface area contributed by atoms with E-state index in [1.807, 2.05) is 48.7 Å². The quantitative estimate of drug-likeness (QED) is 0.773. The largest absolute Gasteiger partial charge is 0.326 e. The second kappa shape index (κ2) is 6.36. The minimum atomic E-state index is -0.114. The lowest BCUT2D eigenvalue weighted by Gasteiger charge is -2.08. The summed E-state index contributed by atoms with van der Waals surface area (Å²) < 4.78 is 2.02. The van der Waals surface area contributed by atoms with Crippen LogP contribution in [0.1, 0.15) is 25.9 Å². The van der Waals surface area contributed by atoms with Gasteiger partial charge in [-0.3, -0.25) is 4.79 Å². The van der Waals surface area contributed by atoms with Crippen LogP contribution in [0.5, 0.6) is 0 Å². The van der Waals surface area contributed by atoms with Crippen molar-refractivity contribution < 1.29 is 4.79 Å². The molecule has 2 aromatic heterocycles. The smallest absolute Gasteiger partial charge is 0.265 e. The van der Waals surface area contributed by atoms with Crippen LogP contribution in [0.15, 0.2) is 42.7 Å². The summed E-state index contributed by atoms with van der Waals surface area (Å²) in [6.45, 7) is 4.47. The number of thiophene rings is 1. The van der Waals surface area contributed by atoms with Crippen molar-refractivity contribution in [3.63, 3.8) is 0 Å². The summed E-state index contributed by atoms with van der Waals surface area (Å²) in [5, 5.41) is 2.90. The zero-order valence-corrected chi connectivity index (χ0v) is 13.9. The highest BCUT2D eigenvalue weighted by molar-refractivity contribution is 7.14. The maximum absolute atomic E-state index is 12.2. The zero-order valence-electron chi connectivity index (χ0n) is 13.0. The van der Waals surface area contributed by atoms with E-state index in [1.54, 1.807) is 12.4 Å². The number of imidazole rings is 1. The molecular formula is C17H18N4OS. The molecule has 23 heavy (non-hydrogen) atoms. The van der Waals surface area contributed by atoms with Gasteiger partial charge in [0.1, 0.15) is 0 Å². The first-order valence-corrected chi connectivity index (χ1v) is 8.11. The first-order valence-electron chi connectivity index (χ1n) is 7.29. The van der Waals surface area contributed by atoms with Crippen molar-refractivity contribution in [2.24, 2.45) is 5.73 Å². The maximum atomic E-state index is 12.2. The highest BCUT2D eigenvalue weighted by atomic mass is 32.1. The number of benzene rings is 1. The van der Waals surface area contributed by atoms with E-state index in [2.05, 4.69) is 10.3 Å². The summed E-state index contributed by atoms with van der Waals surface area (Å²) in [5.74, 6) is -0.114. The number of amides is 1. The van der Waals surface area contributed by atoms with E-state index < -0.39 is 0 Å². The Kier molecular flexibility index (Phi) is 4.27. The fourth-order valence-corrected chi connectivity index (χ4v) is 3.05. The van der Waals surface area contributed by atoms with Gasteiger partial charge in [-0.1, -0.05) is 0 Å². The molecule has 3 rings (SSSR count). The summed E-state index contributed by atoms with van der Waals surface area (Å²) in [6, 6.07) is 11.4. The summed E-state index contributed by atoms with van der Waals surface area (Å²) in [7, 11) is 0. The number of carbonyl (C=O) groups excluding carboxylic acids is 1. The molecule has 118 valence electrons. The molecule has 5 nitrogen and oxygen atoms in total. The summed E-state index contributed by atoms with van der Waals surface area (Å²) >= 11 is 1.42. The van der Waals surface area contributed by atoms with Crippen LogP contribution in [-0.4, -0.2) is 15.5 Å². The van der Waals surface area contributed by atoms with Gasteiger partial charge in [0.15, 0.2) is 0 Å². The van der Waals surface area contributed by atoms with Crippen LogP contribution in [0.4, 0.5) is 5.69 Å². The Balaban J connectivity index is 1.74. The molecule has 0 saturated heterocycles. The van der Waals surface area contributed by atoms with Crippen LogP contribution in [0.2, 0.25) is 0 Å². The number of nitrogens with zero attached hydrogens (tertiary/aromatic N) is 2. The van der Waals surface area contributed by atoms with Crippen LogP contribution in [-0.2, 0) is 6.54 Å². The molecule has 0 aliphatic heterocycles. The van der Waals surface area contributed by atoms with Crippen molar-refractivity contribution in [1.29, 1.82) is 0 Å². The van der Waals surface area contributed by atoms with Crippen molar-refractivity contribution in [3.05, 3.63) is 63.9 Å². The molecule has 0 bridgehead atoms. The Morgan fingerprint density at radius 1 is 1.22 bits per heavy atom. The van der Waals surface area contributed by atoms with Gasteiger partial charge in [-0.25, -0.2) is 4.98 Å². The molecule has 0 aliphatic rings. The molecule has 0 spiro atoms. The standard InChI is InChI=1S/C17H18N4OS/c1-11-12(2)21(10-19-11)14-5-3-13(4-6-14)20-17(22)16-8-7-15(9-18)23-16/h3-8,10H,9,18H2,1-2H3,(H,20,22). The molecule has 3 N–H and O–H groups in total. The zero-order chi connectivity index (χ0) is 16.4. The van der Waals surface area contributed by atoms with Crippen LogP contribution < -0.4 is 11.1 Å². The van der Waals surface area contributed by atoms with Gasteiger partial charge < -0.3 is 15.6 Å². The Bertz CT molecular complexity index is 833. The molecule has 0 unspecified atom stereocenters. The number of hydrogen-bond acceptors (Lipinski definition) is 4. The third-order valence-corrected chi connectivity index (χ3v) is 4.85. The lowest BCUT2D eigenvalue weighted by atomic mass is 10.2. The lowest BCUT2D eigenvalue weighted by molar-refractivity contribution is 0.103. The fraction of sp³-hybridized carbons (Fsp3) is 0.176. The highest BCUT2D eigenvalue weighted by Gasteiger charge is 2.10. The monoisotopic (exact) mass is 326 g/mol. The number of aryl methyl sites for hydroxylation is 1. The third kappa shape index (κ3) is 3.18. The van der Waals surface area contributed by atoms with E-state index in [4.69, 9.17) is 5.73 Å². The van der Waals surface area contributed by atoms with E-state index >= 15 is 0 Å². The van der Waals surface area contributed by atoms with Crippen molar-refractivity contribution in [2.75, 3.05) is 5.32 Å². The van der Waals surface area contributed by atoms with Crippen molar-refractivity contribution in [1.82, 2.24) is 9.55 Å². The van der Waals surface area contributed by atoms with E-state index in [0.29, 0.717) is 11.4 Å². The average molecular weight is 326 g/mol. The number of nitrogens with one attached hydrogen (secondary N) is 1. The van der Waals surface area contributed by atoms with Gasteiger partial charge in [0.2, 0.25) is 0 Å². The van der Waals surface area contributed by atoms with E-state index in [0.717, 1.165) is 27.6 Å². The van der Waals surface area contributed by atoms with Gasteiger partial charge in [0, 0.05) is 28.5 Å². The normalized spacial score (nSPS) is 10.7. The lowest BCUT2D eigenvalue weighted by Crippen LogP contribution is -2.10. The SMILES string of the molecule is Cc1ncn(-c2ccc(NC(=O)c3ccc(CN)s3)cc2)c1C. The van der Waals surface area contributed by atoms with Gasteiger partial charge in [-0.15, -0.1) is 11.3 Å². The second-order valence-electron chi connectivity index (χ2n) is 5.26. The Morgan fingerprint density at radius 3 is 2.52 bits per heavy atom. The first kappa shape index (κ1) is 15.5. The van der Waals surface area contributed by atoms with Gasteiger partial charge in [0.05, 0.1) is 16.9 Å². The van der Waals surface area contributed by atoms with Crippen LogP contribution in [0.3, 0.4) is 0 Å². The van der Waals surface area contributed by atoms with Gasteiger partial charge >= 0.3 is 0 Å². The van der Waals surface area contributed by atoms with Crippen LogP contribution in [0, 0.1) is 13.8 Å². The minimum absolute atomic E-state index is 0.114. The maximum Gasteiger partial charge on any atom is 0.265 e. The Hall–Kier alpha value is -2.44. The number of aromatic nitrogens is 2. The molecule has 1 aromatic carbocycles. The Morgan fingerprint density at radius 2 is 1.96 bits per heavy atom. The van der Waals surface area contributed by atoms with Crippen LogP contribution >= 0.6 is 11.3 Å². The molecule has 0 fully saturated rings. The molecule has 2 heterocycles. The molecule has 6 heteroatoms. The fourth-order valence-electron chi connectivity index (χ4n) is 2.27. The minimum Gasteiger partial charge on any atom is -0.326 e. The predicted octanol–water partition coefficient (Wildman–Crippen LogP) is 3.26. The number of nitrogens with two attached hydrogens (primary N) is 1. The predicted molar refractivity (Wildman–Crippen MR) is 93.2 cm³/mol. The Labute approximate surface area is 138 Å².